The number of carbonyl (C=O) groups excluding carboxylic acids is 2. The molecule has 100 valence electrons. The first-order chi connectivity index (χ1) is 9.04. The third-order valence-electron chi connectivity index (χ3n) is 2.13. The van der Waals surface area contributed by atoms with Gasteiger partial charge in [0.15, 0.2) is 0 Å². The van der Waals surface area contributed by atoms with Crippen LogP contribution in [0.1, 0.15) is 21.7 Å². The van der Waals surface area contributed by atoms with Crippen molar-refractivity contribution in [1.82, 2.24) is 0 Å². The molecule has 0 aromatic carbocycles. The van der Waals surface area contributed by atoms with E-state index in [-0.39, 0.29) is 29.4 Å². The fourth-order valence-corrected chi connectivity index (χ4v) is 1.35. The second-order valence-corrected chi connectivity index (χ2v) is 3.35. The number of furan rings is 1. The first kappa shape index (κ1) is 14.3. The minimum Gasteiger partial charge on any atom is -0.465 e. The van der Waals surface area contributed by atoms with E-state index in [1.165, 1.54) is 20.1 Å². The minimum absolute atomic E-state index is 0.0112. The molecule has 1 amide bonds. The summed E-state index contributed by atoms with van der Waals surface area (Å²) in [6.45, 7) is 4.87. The van der Waals surface area contributed by atoms with Gasteiger partial charge in [-0.15, -0.1) is 0 Å². The van der Waals surface area contributed by atoms with Crippen molar-refractivity contribution in [3.05, 3.63) is 29.5 Å². The van der Waals surface area contributed by atoms with Gasteiger partial charge in [-0.05, 0) is 6.92 Å². The van der Waals surface area contributed by atoms with E-state index in [2.05, 4.69) is 21.4 Å². The largest absolute Gasteiger partial charge is 0.465 e. The number of nitriles is 1. The van der Waals surface area contributed by atoms with E-state index in [9.17, 15) is 9.59 Å². The Morgan fingerprint density at radius 2 is 2.26 bits per heavy atom. The highest BCUT2D eigenvalue weighted by molar-refractivity contribution is 5.97. The number of nitrogens with zero attached hydrogens (tertiary/aromatic N) is 1. The number of rotatable bonds is 4. The number of carbonyl (C=O) groups is 2. The first-order valence-electron chi connectivity index (χ1n) is 5.21. The average molecular weight is 264 g/mol. The lowest BCUT2D eigenvalue weighted by atomic mass is 10.1. The SMILES string of the molecule is C=CCOC(=O)Nc1oc(C)c(C(=O)OC)c1C#N. The number of methoxy groups -OCH3 is 1. The Balaban J connectivity index is 3.03. The molecule has 19 heavy (non-hydrogen) atoms. The number of hydrogen-bond donors (Lipinski definition) is 1. The van der Waals surface area contributed by atoms with Crippen molar-refractivity contribution in [2.24, 2.45) is 0 Å². The van der Waals surface area contributed by atoms with Crippen LogP contribution in [0.15, 0.2) is 17.1 Å². The molecule has 0 unspecified atom stereocenters. The molecule has 1 heterocycles. The quantitative estimate of drug-likeness (QED) is 0.659. The molecular formula is C12H12N2O5. The van der Waals surface area contributed by atoms with Crippen LogP contribution >= 0.6 is 0 Å². The van der Waals surface area contributed by atoms with Crippen molar-refractivity contribution >= 4 is 17.9 Å². The molecule has 0 spiro atoms. The topological polar surface area (TPSA) is 102 Å². The molecule has 0 aliphatic rings. The molecule has 0 saturated carbocycles. The summed E-state index contributed by atoms with van der Waals surface area (Å²) in [6.07, 6.45) is 0.569. The van der Waals surface area contributed by atoms with E-state index in [0.717, 1.165) is 0 Å². The molecule has 1 N–H and O–H groups in total. The van der Waals surface area contributed by atoms with Gasteiger partial charge in [0, 0.05) is 0 Å². The van der Waals surface area contributed by atoms with Crippen molar-refractivity contribution in [3.63, 3.8) is 0 Å². The Hall–Kier alpha value is -2.75. The van der Waals surface area contributed by atoms with Crippen molar-refractivity contribution in [3.8, 4) is 6.07 Å². The molecule has 0 saturated heterocycles. The summed E-state index contributed by atoms with van der Waals surface area (Å²) in [4.78, 5) is 22.8. The van der Waals surface area contributed by atoms with Crippen LogP contribution in [0.5, 0.6) is 0 Å². The Morgan fingerprint density at radius 1 is 1.58 bits per heavy atom. The number of ether oxygens (including phenoxy) is 2. The van der Waals surface area contributed by atoms with Gasteiger partial charge in [0.05, 0.1) is 7.11 Å². The second-order valence-electron chi connectivity index (χ2n) is 3.35. The highest BCUT2D eigenvalue weighted by atomic mass is 16.6. The monoisotopic (exact) mass is 264 g/mol. The minimum atomic E-state index is -0.818. The van der Waals surface area contributed by atoms with Crippen LogP contribution < -0.4 is 5.32 Å². The van der Waals surface area contributed by atoms with Crippen LogP contribution in [0, 0.1) is 18.3 Å². The van der Waals surface area contributed by atoms with E-state index in [1.54, 1.807) is 6.07 Å². The fraction of sp³-hybridized carbons (Fsp3) is 0.250. The lowest BCUT2D eigenvalue weighted by Gasteiger charge is -2.02. The van der Waals surface area contributed by atoms with Crippen LogP contribution in [0.4, 0.5) is 10.7 Å². The van der Waals surface area contributed by atoms with Crippen molar-refractivity contribution in [2.75, 3.05) is 19.0 Å². The highest BCUT2D eigenvalue weighted by Crippen LogP contribution is 2.27. The molecule has 7 nitrogen and oxygen atoms in total. The molecule has 0 atom stereocenters. The van der Waals surface area contributed by atoms with Gasteiger partial charge in [-0.25, -0.2) is 9.59 Å². The molecule has 1 aromatic rings. The highest BCUT2D eigenvalue weighted by Gasteiger charge is 2.25. The number of hydrogen-bond acceptors (Lipinski definition) is 6. The van der Waals surface area contributed by atoms with E-state index in [4.69, 9.17) is 9.68 Å². The van der Waals surface area contributed by atoms with Gasteiger partial charge >= 0.3 is 12.1 Å². The number of esters is 1. The normalized spacial score (nSPS) is 9.32. The van der Waals surface area contributed by atoms with Gasteiger partial charge in [-0.1, -0.05) is 12.7 Å². The summed E-state index contributed by atoms with van der Waals surface area (Å²) in [5, 5.41) is 11.3. The molecule has 0 bridgehead atoms. The summed E-state index contributed by atoms with van der Waals surface area (Å²) in [6, 6.07) is 1.78. The summed E-state index contributed by atoms with van der Waals surface area (Å²) < 4.78 is 14.4. The third kappa shape index (κ3) is 3.13. The van der Waals surface area contributed by atoms with E-state index < -0.39 is 12.1 Å². The Kier molecular flexibility index (Phi) is 4.71. The summed E-state index contributed by atoms with van der Waals surface area (Å²) in [7, 11) is 1.18. The Morgan fingerprint density at radius 3 is 2.79 bits per heavy atom. The molecular weight excluding hydrogens is 252 g/mol. The van der Waals surface area contributed by atoms with Gasteiger partial charge in [0.25, 0.3) is 0 Å². The fourth-order valence-electron chi connectivity index (χ4n) is 1.35. The van der Waals surface area contributed by atoms with Crippen molar-refractivity contribution in [2.45, 2.75) is 6.92 Å². The molecule has 0 aliphatic heterocycles. The predicted octanol–water partition coefficient (Wildman–Crippen LogP) is 1.98. The smallest absolute Gasteiger partial charge is 0.414 e. The summed E-state index contributed by atoms with van der Waals surface area (Å²) in [5.74, 6) is -0.706. The van der Waals surface area contributed by atoms with Crippen LogP contribution in [0.25, 0.3) is 0 Å². The summed E-state index contributed by atoms with van der Waals surface area (Å²) in [5.41, 5.74) is -0.135. The number of anilines is 1. The maximum Gasteiger partial charge on any atom is 0.414 e. The van der Waals surface area contributed by atoms with Crippen LogP contribution in [-0.4, -0.2) is 25.8 Å². The van der Waals surface area contributed by atoms with E-state index in [0.29, 0.717) is 0 Å². The lowest BCUT2D eigenvalue weighted by Crippen LogP contribution is -2.14. The zero-order valence-corrected chi connectivity index (χ0v) is 10.5. The zero-order chi connectivity index (χ0) is 14.4. The second kappa shape index (κ2) is 6.26. The van der Waals surface area contributed by atoms with Gasteiger partial charge in [-0.3, -0.25) is 5.32 Å². The van der Waals surface area contributed by atoms with Gasteiger partial charge < -0.3 is 13.9 Å². The molecule has 0 fully saturated rings. The Labute approximate surface area is 109 Å². The van der Waals surface area contributed by atoms with Crippen LogP contribution in [0.3, 0.4) is 0 Å². The van der Waals surface area contributed by atoms with Crippen molar-refractivity contribution in [1.29, 1.82) is 5.26 Å². The third-order valence-corrected chi connectivity index (χ3v) is 2.13. The number of amides is 1. The number of nitrogens with one attached hydrogen (secondary N) is 1. The first-order valence-corrected chi connectivity index (χ1v) is 5.21. The molecule has 7 heteroatoms. The van der Waals surface area contributed by atoms with Crippen molar-refractivity contribution < 1.29 is 23.5 Å². The van der Waals surface area contributed by atoms with Gasteiger partial charge in [0.2, 0.25) is 5.88 Å². The van der Waals surface area contributed by atoms with Gasteiger partial charge in [-0.2, -0.15) is 5.26 Å². The van der Waals surface area contributed by atoms with E-state index >= 15 is 0 Å². The Bertz CT molecular complexity index is 553. The maximum atomic E-state index is 11.5. The molecule has 0 aliphatic carbocycles. The molecule has 0 radical (unpaired) electrons. The van der Waals surface area contributed by atoms with Crippen LogP contribution in [0.2, 0.25) is 0 Å². The van der Waals surface area contributed by atoms with Gasteiger partial charge in [0.1, 0.15) is 29.6 Å². The van der Waals surface area contributed by atoms with Crippen LogP contribution in [-0.2, 0) is 9.47 Å². The molecule has 1 rings (SSSR count). The maximum absolute atomic E-state index is 11.5. The summed E-state index contributed by atoms with van der Waals surface area (Å²) >= 11 is 0. The molecule has 1 aromatic heterocycles. The van der Waals surface area contributed by atoms with E-state index in [1.807, 2.05) is 0 Å². The predicted molar refractivity (Wildman–Crippen MR) is 64.7 cm³/mol. The lowest BCUT2D eigenvalue weighted by molar-refractivity contribution is 0.0598. The average Bonchev–Trinajstić information content (AvgIpc) is 2.71. The standard InChI is InChI=1S/C12H12N2O5/c1-4-5-18-12(16)14-10-8(6-13)9(7(2)19-10)11(15)17-3/h4H,1,5H2,2-3H3,(H,14,16). The number of aryl methyl sites for hydroxylation is 1. The zero-order valence-electron chi connectivity index (χ0n) is 10.5.